The Morgan fingerprint density at radius 1 is 0.935 bits per heavy atom. The molecule has 31 heavy (non-hydrogen) atoms. The van der Waals surface area contributed by atoms with Crippen LogP contribution in [0.25, 0.3) is 0 Å². The van der Waals surface area contributed by atoms with E-state index < -0.39 is 0 Å². The largest absolute Gasteiger partial charge is 0.379 e. The van der Waals surface area contributed by atoms with E-state index in [4.69, 9.17) is 4.74 Å². The van der Waals surface area contributed by atoms with Crippen LogP contribution in [0.2, 0.25) is 0 Å². The van der Waals surface area contributed by atoms with Gasteiger partial charge in [-0.1, -0.05) is 30.3 Å². The minimum absolute atomic E-state index is 0.144. The molecule has 2 heterocycles. The number of rotatable bonds is 7. The fourth-order valence-electron chi connectivity index (χ4n) is 3.45. The van der Waals surface area contributed by atoms with Crippen molar-refractivity contribution in [2.75, 3.05) is 31.6 Å². The number of benzene rings is 2. The molecule has 0 aliphatic carbocycles. The van der Waals surface area contributed by atoms with Gasteiger partial charge in [0.15, 0.2) is 0 Å². The third-order valence-corrected chi connectivity index (χ3v) is 5.97. The van der Waals surface area contributed by atoms with Crippen molar-refractivity contribution in [2.24, 2.45) is 0 Å². The van der Waals surface area contributed by atoms with Crippen molar-refractivity contribution < 1.29 is 14.3 Å². The lowest BCUT2D eigenvalue weighted by atomic mass is 10.1. The van der Waals surface area contributed by atoms with Gasteiger partial charge in [-0.3, -0.25) is 14.5 Å². The second-order valence-electron chi connectivity index (χ2n) is 7.40. The number of carbonyl (C=O) groups is 2. The molecule has 2 amide bonds. The van der Waals surface area contributed by atoms with Gasteiger partial charge in [0, 0.05) is 37.4 Å². The summed E-state index contributed by atoms with van der Waals surface area (Å²) < 4.78 is 5.40. The summed E-state index contributed by atoms with van der Waals surface area (Å²) in [7, 11) is 0. The van der Waals surface area contributed by atoms with Gasteiger partial charge in [-0.25, -0.2) is 0 Å². The Morgan fingerprint density at radius 3 is 2.45 bits per heavy atom. The summed E-state index contributed by atoms with van der Waals surface area (Å²) >= 11 is 1.39. The van der Waals surface area contributed by atoms with Crippen LogP contribution >= 0.6 is 11.3 Å². The van der Waals surface area contributed by atoms with Crippen LogP contribution in [0.3, 0.4) is 0 Å². The molecule has 3 aromatic rings. The summed E-state index contributed by atoms with van der Waals surface area (Å²) in [6, 6.07) is 18.8. The highest BCUT2D eigenvalue weighted by Crippen LogP contribution is 2.15. The van der Waals surface area contributed by atoms with Gasteiger partial charge in [0.2, 0.25) is 0 Å². The number of carbonyl (C=O) groups excluding carboxylic acids is 2. The Labute approximate surface area is 185 Å². The highest BCUT2D eigenvalue weighted by molar-refractivity contribution is 7.12. The summed E-state index contributed by atoms with van der Waals surface area (Å²) in [5, 5.41) is 7.67. The quantitative estimate of drug-likeness (QED) is 0.593. The van der Waals surface area contributed by atoms with Crippen LogP contribution in [0.5, 0.6) is 0 Å². The number of ether oxygens (including phenoxy) is 1. The number of nitrogens with zero attached hydrogens (tertiary/aromatic N) is 1. The molecule has 7 heteroatoms. The molecular formula is C24H25N3O3S. The molecule has 1 saturated heterocycles. The van der Waals surface area contributed by atoms with Crippen LogP contribution in [-0.2, 0) is 17.8 Å². The van der Waals surface area contributed by atoms with Gasteiger partial charge in [0.1, 0.15) is 0 Å². The van der Waals surface area contributed by atoms with Crippen molar-refractivity contribution >= 4 is 28.8 Å². The first kappa shape index (κ1) is 21.2. The molecule has 0 unspecified atom stereocenters. The summed E-state index contributed by atoms with van der Waals surface area (Å²) in [4.78, 5) is 27.7. The zero-order valence-electron chi connectivity index (χ0n) is 17.2. The number of amides is 2. The average Bonchev–Trinajstić information content (AvgIpc) is 3.34. The lowest BCUT2D eigenvalue weighted by Gasteiger charge is -2.26. The fraction of sp³-hybridized carbons (Fsp3) is 0.250. The zero-order valence-corrected chi connectivity index (χ0v) is 18.0. The molecule has 0 atom stereocenters. The topological polar surface area (TPSA) is 70.7 Å². The maximum Gasteiger partial charge on any atom is 0.265 e. The Kier molecular flexibility index (Phi) is 7.09. The molecule has 0 saturated carbocycles. The minimum atomic E-state index is -0.149. The number of morpholine rings is 1. The second-order valence-corrected chi connectivity index (χ2v) is 8.35. The van der Waals surface area contributed by atoms with Gasteiger partial charge >= 0.3 is 0 Å². The van der Waals surface area contributed by atoms with E-state index in [1.807, 2.05) is 23.6 Å². The highest BCUT2D eigenvalue weighted by Gasteiger charge is 2.12. The number of thiophene rings is 1. The predicted molar refractivity (Wildman–Crippen MR) is 122 cm³/mol. The molecule has 1 aliphatic heterocycles. The van der Waals surface area contributed by atoms with Crippen LogP contribution in [0.15, 0.2) is 66.0 Å². The molecule has 2 N–H and O–H groups in total. The van der Waals surface area contributed by atoms with Crippen molar-refractivity contribution in [3.05, 3.63) is 87.6 Å². The van der Waals surface area contributed by atoms with Crippen molar-refractivity contribution in [1.29, 1.82) is 0 Å². The van der Waals surface area contributed by atoms with Crippen LogP contribution < -0.4 is 10.6 Å². The predicted octanol–water partition coefficient (Wildman–Crippen LogP) is 3.76. The van der Waals surface area contributed by atoms with Gasteiger partial charge in [0.25, 0.3) is 11.8 Å². The van der Waals surface area contributed by atoms with E-state index in [-0.39, 0.29) is 11.8 Å². The SMILES string of the molecule is O=C(NCc1cccc(CN2CCOCC2)c1)c1ccc(NC(=O)c2cccs2)cc1. The standard InChI is InChI=1S/C24H25N3O3S/c28-23(20-6-8-21(9-7-20)26-24(29)22-5-2-14-31-22)25-16-18-3-1-4-19(15-18)17-27-10-12-30-13-11-27/h1-9,14-15H,10-13,16-17H2,(H,25,28)(H,26,29). The maximum atomic E-state index is 12.5. The van der Waals surface area contributed by atoms with Crippen LogP contribution in [0.4, 0.5) is 5.69 Å². The lowest BCUT2D eigenvalue weighted by molar-refractivity contribution is 0.0342. The number of hydrogen-bond donors (Lipinski definition) is 2. The fourth-order valence-corrected chi connectivity index (χ4v) is 4.06. The molecule has 6 nitrogen and oxygen atoms in total. The Morgan fingerprint density at radius 2 is 1.71 bits per heavy atom. The molecule has 0 radical (unpaired) electrons. The van der Waals surface area contributed by atoms with Crippen molar-refractivity contribution in [3.63, 3.8) is 0 Å². The first-order chi connectivity index (χ1) is 15.2. The van der Waals surface area contributed by atoms with E-state index >= 15 is 0 Å². The summed E-state index contributed by atoms with van der Waals surface area (Å²) in [6.07, 6.45) is 0. The zero-order chi connectivity index (χ0) is 21.5. The van der Waals surface area contributed by atoms with E-state index in [2.05, 4.69) is 27.7 Å². The minimum Gasteiger partial charge on any atom is -0.379 e. The molecule has 1 aromatic heterocycles. The molecular weight excluding hydrogens is 410 g/mol. The van der Waals surface area contributed by atoms with E-state index in [0.717, 1.165) is 38.4 Å². The Hall–Kier alpha value is -3.00. The lowest BCUT2D eigenvalue weighted by Crippen LogP contribution is -2.35. The van der Waals surface area contributed by atoms with Crippen LogP contribution in [-0.4, -0.2) is 43.0 Å². The van der Waals surface area contributed by atoms with Gasteiger partial charge in [-0.2, -0.15) is 0 Å². The number of hydrogen-bond acceptors (Lipinski definition) is 5. The first-order valence-corrected chi connectivity index (χ1v) is 11.2. The van der Waals surface area contributed by atoms with Gasteiger partial charge < -0.3 is 15.4 Å². The first-order valence-electron chi connectivity index (χ1n) is 10.3. The van der Waals surface area contributed by atoms with Crippen molar-refractivity contribution in [3.8, 4) is 0 Å². The molecule has 160 valence electrons. The number of anilines is 1. The van der Waals surface area contributed by atoms with Gasteiger partial charge in [0.05, 0.1) is 18.1 Å². The van der Waals surface area contributed by atoms with E-state index in [1.165, 1.54) is 16.9 Å². The molecule has 1 aliphatic rings. The van der Waals surface area contributed by atoms with Crippen LogP contribution in [0.1, 0.15) is 31.2 Å². The molecule has 0 spiro atoms. The Balaban J connectivity index is 1.29. The highest BCUT2D eigenvalue weighted by atomic mass is 32.1. The molecule has 4 rings (SSSR count). The van der Waals surface area contributed by atoms with Crippen molar-refractivity contribution in [1.82, 2.24) is 10.2 Å². The Bertz CT molecular complexity index is 1010. The summed E-state index contributed by atoms with van der Waals surface area (Å²) in [5.41, 5.74) is 3.52. The summed E-state index contributed by atoms with van der Waals surface area (Å²) in [6.45, 7) is 4.82. The third kappa shape index (κ3) is 6.01. The normalized spacial score (nSPS) is 14.2. The smallest absolute Gasteiger partial charge is 0.265 e. The third-order valence-electron chi connectivity index (χ3n) is 5.10. The average molecular weight is 436 g/mol. The maximum absolute atomic E-state index is 12.5. The van der Waals surface area contributed by atoms with Gasteiger partial charge in [-0.05, 0) is 46.8 Å². The second kappa shape index (κ2) is 10.3. The van der Waals surface area contributed by atoms with Crippen molar-refractivity contribution in [2.45, 2.75) is 13.1 Å². The molecule has 0 bridgehead atoms. The van der Waals surface area contributed by atoms with Gasteiger partial charge in [-0.15, -0.1) is 11.3 Å². The molecule has 2 aromatic carbocycles. The van der Waals surface area contributed by atoms with Crippen LogP contribution in [0, 0.1) is 0 Å². The summed E-state index contributed by atoms with van der Waals surface area (Å²) in [5.74, 6) is -0.293. The monoisotopic (exact) mass is 435 g/mol. The van der Waals surface area contributed by atoms with E-state index in [9.17, 15) is 9.59 Å². The van der Waals surface area contributed by atoms with E-state index in [0.29, 0.717) is 22.7 Å². The van der Waals surface area contributed by atoms with E-state index in [1.54, 1.807) is 30.3 Å². The number of nitrogens with one attached hydrogen (secondary N) is 2. The molecule has 1 fully saturated rings.